The van der Waals surface area contributed by atoms with Crippen LogP contribution in [0.25, 0.3) is 0 Å². The summed E-state index contributed by atoms with van der Waals surface area (Å²) in [6.45, 7) is 1.95. The van der Waals surface area contributed by atoms with Gasteiger partial charge in [0.25, 0.3) is 0 Å². The van der Waals surface area contributed by atoms with Crippen molar-refractivity contribution in [2.75, 3.05) is 5.32 Å². The molecule has 0 aliphatic carbocycles. The minimum atomic E-state index is -0.0846. The minimum absolute atomic E-state index is 0.0846. The van der Waals surface area contributed by atoms with Crippen molar-refractivity contribution in [2.24, 2.45) is 4.99 Å². The van der Waals surface area contributed by atoms with E-state index in [1.807, 2.05) is 37.3 Å². The van der Waals surface area contributed by atoms with Gasteiger partial charge in [0.05, 0.1) is 11.3 Å². The highest BCUT2D eigenvalue weighted by Gasteiger charge is 2.24. The third kappa shape index (κ3) is 2.25. The number of hydrogen-bond acceptors (Lipinski definition) is 3. The zero-order valence-electron chi connectivity index (χ0n) is 10.3. The highest BCUT2D eigenvalue weighted by molar-refractivity contribution is 6.52. The Hall–Kier alpha value is -2.13. The van der Waals surface area contributed by atoms with Gasteiger partial charge < -0.3 is 5.32 Å². The van der Waals surface area contributed by atoms with Crippen LogP contribution in [0.1, 0.15) is 15.9 Å². The SMILES string of the molecule is Cc1ccc2c(c1)C(=O)C(Nc1cccc(Cl)c1)=N2. The van der Waals surface area contributed by atoms with Crippen molar-refractivity contribution >= 4 is 34.6 Å². The van der Waals surface area contributed by atoms with E-state index in [0.717, 1.165) is 11.3 Å². The van der Waals surface area contributed by atoms with E-state index in [-0.39, 0.29) is 5.78 Å². The van der Waals surface area contributed by atoms with Gasteiger partial charge in [-0.2, -0.15) is 0 Å². The number of hydrogen-bond donors (Lipinski definition) is 1. The standard InChI is InChI=1S/C15H11ClN2O/c1-9-5-6-13-12(7-9)14(19)15(18-13)17-11-4-2-3-10(16)8-11/h2-8H,1H3,(H,17,18,19). The van der Waals surface area contributed by atoms with E-state index in [0.29, 0.717) is 22.1 Å². The predicted molar refractivity (Wildman–Crippen MR) is 77.7 cm³/mol. The summed E-state index contributed by atoms with van der Waals surface area (Å²) in [7, 11) is 0. The largest absolute Gasteiger partial charge is 0.337 e. The van der Waals surface area contributed by atoms with E-state index < -0.39 is 0 Å². The van der Waals surface area contributed by atoms with Crippen LogP contribution in [0, 0.1) is 6.92 Å². The fraction of sp³-hybridized carbons (Fsp3) is 0.0667. The van der Waals surface area contributed by atoms with Crippen LogP contribution in [-0.2, 0) is 0 Å². The van der Waals surface area contributed by atoms with E-state index in [1.165, 1.54) is 0 Å². The molecule has 0 bridgehead atoms. The van der Waals surface area contributed by atoms with Crippen molar-refractivity contribution in [1.29, 1.82) is 0 Å². The lowest BCUT2D eigenvalue weighted by Gasteiger charge is -2.04. The van der Waals surface area contributed by atoms with Gasteiger partial charge in [-0.1, -0.05) is 29.3 Å². The topological polar surface area (TPSA) is 41.5 Å². The molecule has 2 aromatic rings. The molecule has 0 saturated carbocycles. The third-order valence-electron chi connectivity index (χ3n) is 2.93. The maximum atomic E-state index is 12.2. The Bertz CT molecular complexity index is 707. The van der Waals surface area contributed by atoms with Crippen LogP contribution in [0.15, 0.2) is 47.5 Å². The molecule has 0 atom stereocenters. The number of carbonyl (C=O) groups excluding carboxylic acids is 1. The molecular weight excluding hydrogens is 260 g/mol. The molecule has 0 amide bonds. The van der Waals surface area contributed by atoms with E-state index in [2.05, 4.69) is 10.3 Å². The van der Waals surface area contributed by atoms with Crippen LogP contribution in [0.4, 0.5) is 11.4 Å². The first-order valence-electron chi connectivity index (χ1n) is 5.90. The van der Waals surface area contributed by atoms with Gasteiger partial charge >= 0.3 is 0 Å². The summed E-state index contributed by atoms with van der Waals surface area (Å²) >= 11 is 5.91. The van der Waals surface area contributed by atoms with Crippen molar-refractivity contribution in [2.45, 2.75) is 6.92 Å². The van der Waals surface area contributed by atoms with Crippen LogP contribution >= 0.6 is 11.6 Å². The molecule has 0 unspecified atom stereocenters. The Morgan fingerprint density at radius 2 is 2.00 bits per heavy atom. The first-order chi connectivity index (χ1) is 9.13. The number of anilines is 1. The molecule has 0 spiro atoms. The van der Waals surface area contributed by atoms with Crippen LogP contribution in [0.5, 0.6) is 0 Å². The second kappa shape index (κ2) is 4.52. The van der Waals surface area contributed by atoms with Crippen molar-refractivity contribution in [3.8, 4) is 0 Å². The normalized spacial score (nSPS) is 13.2. The monoisotopic (exact) mass is 270 g/mol. The number of benzene rings is 2. The van der Waals surface area contributed by atoms with Gasteiger partial charge in [-0.3, -0.25) is 4.79 Å². The van der Waals surface area contributed by atoms with Crippen LogP contribution in [0.3, 0.4) is 0 Å². The molecule has 1 heterocycles. The molecule has 3 nitrogen and oxygen atoms in total. The van der Waals surface area contributed by atoms with Gasteiger partial charge in [0.15, 0.2) is 5.84 Å². The molecule has 0 fully saturated rings. The Morgan fingerprint density at radius 3 is 2.79 bits per heavy atom. The Morgan fingerprint density at radius 1 is 1.16 bits per heavy atom. The fourth-order valence-corrected chi connectivity index (χ4v) is 2.21. The number of rotatable bonds is 1. The second-order valence-corrected chi connectivity index (χ2v) is 4.88. The summed E-state index contributed by atoms with van der Waals surface area (Å²) in [5.74, 6) is 0.251. The molecular formula is C15H11ClN2O. The van der Waals surface area contributed by atoms with E-state index >= 15 is 0 Å². The number of Topliss-reactive ketones (excluding diaryl/α,β-unsaturated/α-hetero) is 1. The van der Waals surface area contributed by atoms with Crippen LogP contribution < -0.4 is 5.32 Å². The number of amidine groups is 1. The number of halogens is 1. The average Bonchev–Trinajstić information content (AvgIpc) is 2.67. The van der Waals surface area contributed by atoms with Crippen LogP contribution in [0.2, 0.25) is 5.02 Å². The number of nitrogens with zero attached hydrogens (tertiary/aromatic N) is 1. The van der Waals surface area contributed by atoms with Gasteiger partial charge in [0, 0.05) is 10.7 Å². The molecule has 2 aromatic carbocycles. The lowest BCUT2D eigenvalue weighted by molar-refractivity contribution is 0.106. The number of nitrogens with one attached hydrogen (secondary N) is 1. The quantitative estimate of drug-likeness (QED) is 0.851. The van der Waals surface area contributed by atoms with Gasteiger partial charge in [-0.25, -0.2) is 4.99 Å². The third-order valence-corrected chi connectivity index (χ3v) is 3.17. The van der Waals surface area contributed by atoms with E-state index in [1.54, 1.807) is 12.1 Å². The lowest BCUT2D eigenvalue weighted by Crippen LogP contribution is -2.19. The summed E-state index contributed by atoms with van der Waals surface area (Å²) in [5.41, 5.74) is 3.15. The number of fused-ring (bicyclic) bond motifs is 1. The molecule has 1 aliphatic rings. The maximum absolute atomic E-state index is 12.2. The summed E-state index contributed by atoms with van der Waals surface area (Å²) in [6, 6.07) is 12.9. The molecule has 0 saturated heterocycles. The Kier molecular flexibility index (Phi) is 2.84. The van der Waals surface area contributed by atoms with Gasteiger partial charge in [-0.05, 0) is 37.3 Å². The second-order valence-electron chi connectivity index (χ2n) is 4.45. The molecule has 19 heavy (non-hydrogen) atoms. The number of aryl methyl sites for hydroxylation is 1. The zero-order chi connectivity index (χ0) is 13.4. The van der Waals surface area contributed by atoms with Gasteiger partial charge in [0.2, 0.25) is 5.78 Å². The summed E-state index contributed by atoms with van der Waals surface area (Å²) in [5, 5.41) is 3.63. The van der Waals surface area contributed by atoms with Crippen molar-refractivity contribution in [3.05, 3.63) is 58.6 Å². The van der Waals surface area contributed by atoms with Crippen molar-refractivity contribution in [1.82, 2.24) is 0 Å². The highest BCUT2D eigenvalue weighted by atomic mass is 35.5. The molecule has 1 N–H and O–H groups in total. The van der Waals surface area contributed by atoms with Gasteiger partial charge in [-0.15, -0.1) is 0 Å². The number of carbonyl (C=O) groups is 1. The summed E-state index contributed by atoms with van der Waals surface area (Å²) in [4.78, 5) is 16.5. The number of ketones is 1. The summed E-state index contributed by atoms with van der Waals surface area (Å²) in [6.07, 6.45) is 0. The maximum Gasteiger partial charge on any atom is 0.230 e. The smallest absolute Gasteiger partial charge is 0.230 e. The minimum Gasteiger partial charge on any atom is -0.337 e. The molecule has 4 heteroatoms. The molecule has 3 rings (SSSR count). The first kappa shape index (κ1) is 11.9. The molecule has 1 aliphatic heterocycles. The number of aliphatic imine (C=N–C) groups is 1. The Balaban J connectivity index is 1.91. The zero-order valence-corrected chi connectivity index (χ0v) is 11.0. The van der Waals surface area contributed by atoms with Crippen LogP contribution in [-0.4, -0.2) is 11.6 Å². The first-order valence-corrected chi connectivity index (χ1v) is 6.28. The predicted octanol–water partition coefficient (Wildman–Crippen LogP) is 3.99. The summed E-state index contributed by atoms with van der Waals surface area (Å²) < 4.78 is 0. The van der Waals surface area contributed by atoms with E-state index in [4.69, 9.17) is 11.6 Å². The molecule has 94 valence electrons. The molecule has 0 aromatic heterocycles. The lowest BCUT2D eigenvalue weighted by atomic mass is 10.1. The Labute approximate surface area is 115 Å². The van der Waals surface area contributed by atoms with Gasteiger partial charge in [0.1, 0.15) is 0 Å². The fourth-order valence-electron chi connectivity index (χ4n) is 2.02. The average molecular weight is 271 g/mol. The van der Waals surface area contributed by atoms with Crippen molar-refractivity contribution in [3.63, 3.8) is 0 Å². The molecule has 0 radical (unpaired) electrons. The highest BCUT2D eigenvalue weighted by Crippen LogP contribution is 2.28. The van der Waals surface area contributed by atoms with E-state index in [9.17, 15) is 4.79 Å². The van der Waals surface area contributed by atoms with Crippen molar-refractivity contribution < 1.29 is 4.79 Å².